The summed E-state index contributed by atoms with van der Waals surface area (Å²) < 4.78 is 0. The van der Waals surface area contributed by atoms with E-state index >= 15 is 0 Å². The van der Waals surface area contributed by atoms with Crippen LogP contribution in [0.2, 0.25) is 0 Å². The van der Waals surface area contributed by atoms with Crippen molar-refractivity contribution in [2.24, 2.45) is 11.3 Å². The van der Waals surface area contributed by atoms with Crippen molar-refractivity contribution in [3.8, 4) is 0 Å². The normalized spacial score (nSPS) is 22.3. The summed E-state index contributed by atoms with van der Waals surface area (Å²) in [7, 11) is 0. The van der Waals surface area contributed by atoms with Crippen LogP contribution in [-0.4, -0.2) is 23.7 Å². The van der Waals surface area contributed by atoms with Crippen molar-refractivity contribution in [3.63, 3.8) is 0 Å². The van der Waals surface area contributed by atoms with E-state index in [9.17, 15) is 9.90 Å². The molecule has 0 aliphatic heterocycles. The van der Waals surface area contributed by atoms with E-state index in [1.165, 1.54) is 0 Å². The van der Waals surface area contributed by atoms with Crippen LogP contribution in [0.1, 0.15) is 25.8 Å². The fourth-order valence-electron chi connectivity index (χ4n) is 2.28. The van der Waals surface area contributed by atoms with Gasteiger partial charge in [-0.2, -0.15) is 0 Å². The molecule has 0 spiro atoms. The number of nitrogens with one attached hydrogen (secondary N) is 1. The summed E-state index contributed by atoms with van der Waals surface area (Å²) >= 11 is 0. The monoisotopic (exact) mass is 247 g/mol. The van der Waals surface area contributed by atoms with Crippen molar-refractivity contribution in [3.05, 3.63) is 35.9 Å². The predicted octanol–water partition coefficient (Wildman–Crippen LogP) is 1.75. The molecule has 3 heteroatoms. The number of carbonyl (C=O) groups is 1. The van der Waals surface area contributed by atoms with Gasteiger partial charge in [-0.15, -0.1) is 0 Å². The second-order valence-electron chi connectivity index (χ2n) is 5.82. The molecule has 0 saturated heterocycles. The second-order valence-corrected chi connectivity index (χ2v) is 5.82. The van der Waals surface area contributed by atoms with Crippen LogP contribution in [-0.2, 0) is 11.2 Å². The van der Waals surface area contributed by atoms with Gasteiger partial charge in [-0.25, -0.2) is 0 Å². The van der Waals surface area contributed by atoms with E-state index in [-0.39, 0.29) is 29.9 Å². The minimum absolute atomic E-state index is 0.0201. The van der Waals surface area contributed by atoms with Crippen LogP contribution in [0.15, 0.2) is 30.3 Å². The molecule has 98 valence electrons. The minimum Gasteiger partial charge on any atom is -0.394 e. The highest BCUT2D eigenvalue weighted by atomic mass is 16.3. The first-order valence-corrected chi connectivity index (χ1v) is 6.48. The minimum atomic E-state index is -0.184. The topological polar surface area (TPSA) is 49.3 Å². The number of rotatable bonds is 5. The predicted molar refractivity (Wildman–Crippen MR) is 71.1 cm³/mol. The van der Waals surface area contributed by atoms with Crippen molar-refractivity contribution < 1.29 is 9.90 Å². The first kappa shape index (κ1) is 13.1. The zero-order valence-electron chi connectivity index (χ0n) is 11.0. The standard InChI is InChI=1S/C15H21NO2/c1-15(2)9-13(15)14(18)16-12(10-17)8-11-6-4-3-5-7-11/h3-7,12-13,17H,8-10H2,1-2H3,(H,16,18)/t12-,13?/m0/s1. The second kappa shape index (κ2) is 5.11. The van der Waals surface area contributed by atoms with Gasteiger partial charge in [0.1, 0.15) is 0 Å². The smallest absolute Gasteiger partial charge is 0.223 e. The molecule has 2 N–H and O–H groups in total. The average Bonchev–Trinajstić information content (AvgIpc) is 2.99. The van der Waals surface area contributed by atoms with Gasteiger partial charge in [0, 0.05) is 5.92 Å². The van der Waals surface area contributed by atoms with E-state index in [1.54, 1.807) is 0 Å². The Morgan fingerprint density at radius 2 is 2.06 bits per heavy atom. The lowest BCUT2D eigenvalue weighted by molar-refractivity contribution is -0.124. The molecule has 1 saturated carbocycles. The van der Waals surface area contributed by atoms with E-state index in [2.05, 4.69) is 19.2 Å². The molecule has 1 aliphatic rings. The molecule has 3 nitrogen and oxygen atoms in total. The molecule has 1 aromatic rings. The molecule has 1 amide bonds. The third-order valence-electron chi connectivity index (χ3n) is 3.72. The van der Waals surface area contributed by atoms with Gasteiger partial charge in [-0.05, 0) is 23.8 Å². The molecular formula is C15H21NO2. The Hall–Kier alpha value is -1.35. The highest BCUT2D eigenvalue weighted by Crippen LogP contribution is 2.51. The lowest BCUT2D eigenvalue weighted by atomic mass is 10.1. The maximum atomic E-state index is 12.0. The van der Waals surface area contributed by atoms with Gasteiger partial charge in [0.2, 0.25) is 5.91 Å². The SMILES string of the molecule is CC1(C)CC1C(=O)N[C@H](CO)Cc1ccccc1. The van der Waals surface area contributed by atoms with Gasteiger partial charge in [0.05, 0.1) is 12.6 Å². The summed E-state index contributed by atoms with van der Waals surface area (Å²) in [4.78, 5) is 12.0. The molecule has 1 aliphatic carbocycles. The van der Waals surface area contributed by atoms with Crippen LogP contribution in [0.4, 0.5) is 0 Å². The van der Waals surface area contributed by atoms with Crippen molar-refractivity contribution in [1.82, 2.24) is 5.32 Å². The lowest BCUT2D eigenvalue weighted by Gasteiger charge is -2.17. The largest absolute Gasteiger partial charge is 0.394 e. The third-order valence-corrected chi connectivity index (χ3v) is 3.72. The molecule has 1 unspecified atom stereocenters. The molecule has 0 heterocycles. The number of benzene rings is 1. The number of aliphatic hydroxyl groups excluding tert-OH is 1. The summed E-state index contributed by atoms with van der Waals surface area (Å²) in [6.45, 7) is 4.18. The first-order chi connectivity index (χ1) is 8.53. The Kier molecular flexibility index (Phi) is 3.71. The molecule has 1 aromatic carbocycles. The van der Waals surface area contributed by atoms with E-state index in [4.69, 9.17) is 0 Å². The summed E-state index contributed by atoms with van der Waals surface area (Å²) in [5.41, 5.74) is 1.27. The zero-order valence-corrected chi connectivity index (χ0v) is 11.0. The molecule has 18 heavy (non-hydrogen) atoms. The first-order valence-electron chi connectivity index (χ1n) is 6.48. The molecule has 0 bridgehead atoms. The van der Waals surface area contributed by atoms with Crippen LogP contribution in [0, 0.1) is 11.3 Å². The Labute approximate surface area is 108 Å². The fraction of sp³-hybridized carbons (Fsp3) is 0.533. The van der Waals surface area contributed by atoms with Gasteiger partial charge in [-0.3, -0.25) is 4.79 Å². The Morgan fingerprint density at radius 1 is 1.44 bits per heavy atom. The van der Waals surface area contributed by atoms with Gasteiger partial charge in [0.25, 0.3) is 0 Å². The van der Waals surface area contributed by atoms with Crippen LogP contribution in [0.25, 0.3) is 0 Å². The molecule has 1 fully saturated rings. The number of hydrogen-bond donors (Lipinski definition) is 2. The molecule has 2 atom stereocenters. The highest BCUT2D eigenvalue weighted by molar-refractivity contribution is 5.82. The fourth-order valence-corrected chi connectivity index (χ4v) is 2.28. The molecule has 0 radical (unpaired) electrons. The van der Waals surface area contributed by atoms with Crippen LogP contribution in [0.5, 0.6) is 0 Å². The molecule has 0 aromatic heterocycles. The summed E-state index contributed by atoms with van der Waals surface area (Å²) in [5.74, 6) is 0.192. The lowest BCUT2D eigenvalue weighted by Crippen LogP contribution is -2.40. The van der Waals surface area contributed by atoms with Crippen molar-refractivity contribution in [2.45, 2.75) is 32.7 Å². The van der Waals surface area contributed by atoms with Gasteiger partial charge < -0.3 is 10.4 Å². The maximum Gasteiger partial charge on any atom is 0.223 e. The van der Waals surface area contributed by atoms with Crippen LogP contribution >= 0.6 is 0 Å². The van der Waals surface area contributed by atoms with E-state index in [1.807, 2.05) is 30.3 Å². The van der Waals surface area contributed by atoms with Gasteiger partial charge in [0.15, 0.2) is 0 Å². The number of aliphatic hydroxyl groups is 1. The Morgan fingerprint density at radius 3 is 2.56 bits per heavy atom. The van der Waals surface area contributed by atoms with Gasteiger partial charge in [-0.1, -0.05) is 44.2 Å². The van der Waals surface area contributed by atoms with Crippen molar-refractivity contribution in [1.29, 1.82) is 0 Å². The van der Waals surface area contributed by atoms with Crippen LogP contribution < -0.4 is 5.32 Å². The summed E-state index contributed by atoms with van der Waals surface area (Å²) in [6, 6.07) is 9.73. The summed E-state index contributed by atoms with van der Waals surface area (Å²) in [5, 5.41) is 12.3. The maximum absolute atomic E-state index is 12.0. The average molecular weight is 247 g/mol. The number of carbonyl (C=O) groups excluding carboxylic acids is 1. The van der Waals surface area contributed by atoms with Gasteiger partial charge >= 0.3 is 0 Å². The highest BCUT2D eigenvalue weighted by Gasteiger charge is 2.50. The van der Waals surface area contributed by atoms with E-state index in [0.29, 0.717) is 6.42 Å². The van der Waals surface area contributed by atoms with Crippen molar-refractivity contribution >= 4 is 5.91 Å². The Balaban J connectivity index is 1.88. The van der Waals surface area contributed by atoms with Crippen LogP contribution in [0.3, 0.4) is 0 Å². The number of amides is 1. The van der Waals surface area contributed by atoms with E-state index < -0.39 is 0 Å². The third kappa shape index (κ3) is 3.10. The quantitative estimate of drug-likeness (QED) is 0.833. The van der Waals surface area contributed by atoms with E-state index in [0.717, 1.165) is 12.0 Å². The Bertz CT molecular complexity index is 414. The number of hydrogen-bond acceptors (Lipinski definition) is 2. The zero-order chi connectivity index (χ0) is 13.2. The molecular weight excluding hydrogens is 226 g/mol. The summed E-state index contributed by atoms with van der Waals surface area (Å²) in [6.07, 6.45) is 1.62. The van der Waals surface area contributed by atoms with Crippen molar-refractivity contribution in [2.75, 3.05) is 6.61 Å². The molecule has 2 rings (SSSR count).